The number of benzene rings is 2. The van der Waals surface area contributed by atoms with Crippen LogP contribution in [0, 0.1) is 0 Å². The Labute approximate surface area is 165 Å². The third-order valence-corrected chi connectivity index (χ3v) is 6.42. The molecule has 0 atom stereocenters. The maximum atomic E-state index is 13.2. The Hall–Kier alpha value is -2.16. The number of ether oxygens (including phenoxy) is 1. The van der Waals surface area contributed by atoms with E-state index in [0.29, 0.717) is 31.9 Å². The first-order valence-corrected chi connectivity index (χ1v) is 10.7. The number of anilines is 1. The maximum absolute atomic E-state index is 13.2. The van der Waals surface area contributed by atoms with E-state index in [1.165, 1.54) is 0 Å². The van der Waals surface area contributed by atoms with E-state index in [0.717, 1.165) is 4.47 Å². The van der Waals surface area contributed by atoms with Gasteiger partial charge in [0.25, 0.3) is 0 Å². The lowest BCUT2D eigenvalue weighted by Gasteiger charge is -2.26. The van der Waals surface area contributed by atoms with E-state index in [1.807, 2.05) is 29.2 Å². The second-order valence-corrected chi connectivity index (χ2v) is 8.84. The van der Waals surface area contributed by atoms with Crippen LogP contribution in [0.25, 0.3) is 11.5 Å². The van der Waals surface area contributed by atoms with Crippen molar-refractivity contribution >= 4 is 31.7 Å². The summed E-state index contributed by atoms with van der Waals surface area (Å²) in [5, 5.41) is -0.0643. The summed E-state index contributed by atoms with van der Waals surface area (Å²) in [4.78, 5) is 6.44. The molecule has 6 nitrogen and oxygen atoms in total. The molecule has 1 fully saturated rings. The topological polar surface area (TPSA) is 72.6 Å². The molecule has 0 spiro atoms. The summed E-state index contributed by atoms with van der Waals surface area (Å²) in [5.41, 5.74) is 0.702. The van der Waals surface area contributed by atoms with Crippen molar-refractivity contribution in [2.45, 2.75) is 9.92 Å². The second kappa shape index (κ2) is 7.46. The summed E-state index contributed by atoms with van der Waals surface area (Å²) in [6.45, 7) is 2.12. The van der Waals surface area contributed by atoms with Gasteiger partial charge in [-0.15, -0.1) is 0 Å². The quantitative estimate of drug-likeness (QED) is 0.604. The minimum absolute atomic E-state index is 0.0643. The molecule has 0 aliphatic carbocycles. The minimum Gasteiger partial charge on any atom is -0.419 e. The molecular formula is C19H17BrN2O4S. The molecule has 2 aromatic carbocycles. The molecule has 8 heteroatoms. The van der Waals surface area contributed by atoms with Crippen LogP contribution in [0.4, 0.5) is 5.88 Å². The predicted molar refractivity (Wildman–Crippen MR) is 105 cm³/mol. The Morgan fingerprint density at radius 1 is 1.00 bits per heavy atom. The number of halogens is 1. The molecule has 1 aromatic heterocycles. The molecule has 140 valence electrons. The third kappa shape index (κ3) is 3.65. The molecule has 0 unspecified atom stereocenters. The van der Waals surface area contributed by atoms with Gasteiger partial charge in [-0.25, -0.2) is 8.42 Å². The van der Waals surface area contributed by atoms with E-state index < -0.39 is 9.84 Å². The van der Waals surface area contributed by atoms with Gasteiger partial charge >= 0.3 is 0 Å². The number of aromatic nitrogens is 1. The monoisotopic (exact) mass is 448 g/mol. The van der Waals surface area contributed by atoms with Crippen molar-refractivity contribution in [1.29, 1.82) is 0 Å². The zero-order valence-electron chi connectivity index (χ0n) is 14.3. The molecule has 1 aliphatic rings. The number of sulfone groups is 1. The summed E-state index contributed by atoms with van der Waals surface area (Å²) >= 11 is 3.42. The molecule has 0 bridgehead atoms. The average molecular weight is 449 g/mol. The molecule has 27 heavy (non-hydrogen) atoms. The van der Waals surface area contributed by atoms with Gasteiger partial charge in [-0.05, 0) is 30.3 Å². The molecule has 1 saturated heterocycles. The Kier molecular flexibility index (Phi) is 5.03. The zero-order valence-corrected chi connectivity index (χ0v) is 16.7. The fourth-order valence-electron chi connectivity index (χ4n) is 2.90. The van der Waals surface area contributed by atoms with Crippen LogP contribution >= 0.6 is 15.9 Å². The Morgan fingerprint density at radius 3 is 2.44 bits per heavy atom. The van der Waals surface area contributed by atoms with Crippen molar-refractivity contribution in [1.82, 2.24) is 4.98 Å². The van der Waals surface area contributed by atoms with Gasteiger partial charge < -0.3 is 14.1 Å². The lowest BCUT2D eigenvalue weighted by molar-refractivity contribution is 0.120. The summed E-state index contributed by atoms with van der Waals surface area (Å²) in [7, 11) is -3.82. The minimum atomic E-state index is -3.82. The van der Waals surface area contributed by atoms with E-state index in [9.17, 15) is 8.42 Å². The smallest absolute Gasteiger partial charge is 0.236 e. The molecule has 0 radical (unpaired) electrons. The average Bonchev–Trinajstić information content (AvgIpc) is 3.16. The van der Waals surface area contributed by atoms with Crippen LogP contribution in [0.15, 0.2) is 73.4 Å². The molecule has 0 N–H and O–H groups in total. The largest absolute Gasteiger partial charge is 0.419 e. The number of oxazole rings is 1. The van der Waals surface area contributed by atoms with Gasteiger partial charge in [0.1, 0.15) is 0 Å². The molecular weight excluding hydrogens is 432 g/mol. The molecule has 1 aliphatic heterocycles. The normalized spacial score (nSPS) is 15.1. The number of nitrogens with zero attached hydrogens (tertiary/aromatic N) is 2. The van der Waals surface area contributed by atoms with Crippen molar-refractivity contribution in [3.8, 4) is 11.5 Å². The Morgan fingerprint density at radius 2 is 1.74 bits per heavy atom. The lowest BCUT2D eigenvalue weighted by atomic mass is 10.2. The fraction of sp³-hybridized carbons (Fsp3) is 0.211. The van der Waals surface area contributed by atoms with Crippen LogP contribution in [0.1, 0.15) is 0 Å². The summed E-state index contributed by atoms with van der Waals surface area (Å²) in [6, 6.07) is 15.7. The number of morpholine rings is 1. The first kappa shape index (κ1) is 18.2. The Balaban J connectivity index is 1.86. The summed E-state index contributed by atoms with van der Waals surface area (Å²) in [6.07, 6.45) is 0. The third-order valence-electron chi connectivity index (χ3n) is 4.26. The molecule has 3 aromatic rings. The van der Waals surface area contributed by atoms with Gasteiger partial charge in [0.15, 0.2) is 0 Å². The van der Waals surface area contributed by atoms with Crippen molar-refractivity contribution < 1.29 is 17.6 Å². The molecule has 0 amide bonds. The van der Waals surface area contributed by atoms with E-state index in [4.69, 9.17) is 9.15 Å². The second-order valence-electron chi connectivity index (χ2n) is 6.06. The lowest BCUT2D eigenvalue weighted by Crippen LogP contribution is -2.36. The number of rotatable bonds is 4. The van der Waals surface area contributed by atoms with Crippen molar-refractivity contribution in [3.05, 3.63) is 59.1 Å². The van der Waals surface area contributed by atoms with Crippen LogP contribution in [-0.2, 0) is 14.6 Å². The van der Waals surface area contributed by atoms with E-state index in [2.05, 4.69) is 20.9 Å². The highest BCUT2D eigenvalue weighted by atomic mass is 79.9. The van der Waals surface area contributed by atoms with Gasteiger partial charge in [0.05, 0.1) is 18.1 Å². The van der Waals surface area contributed by atoms with Crippen LogP contribution in [-0.4, -0.2) is 39.7 Å². The molecule has 4 rings (SSSR count). The molecule has 0 saturated carbocycles. The SMILES string of the molecule is O=S(=O)(c1ccccc1)c1nc(-c2cccc(Br)c2)oc1N1CCOCC1. The van der Waals surface area contributed by atoms with Crippen molar-refractivity contribution in [3.63, 3.8) is 0 Å². The van der Waals surface area contributed by atoms with Gasteiger partial charge in [0, 0.05) is 23.1 Å². The van der Waals surface area contributed by atoms with Crippen LogP contribution in [0.5, 0.6) is 0 Å². The number of hydrogen-bond donors (Lipinski definition) is 0. The fourth-order valence-corrected chi connectivity index (χ4v) is 4.64. The van der Waals surface area contributed by atoms with Crippen molar-refractivity contribution in [2.24, 2.45) is 0 Å². The van der Waals surface area contributed by atoms with E-state index in [-0.39, 0.29) is 21.7 Å². The van der Waals surface area contributed by atoms with Crippen LogP contribution < -0.4 is 4.90 Å². The van der Waals surface area contributed by atoms with Gasteiger partial charge in [-0.2, -0.15) is 4.98 Å². The highest BCUT2D eigenvalue weighted by molar-refractivity contribution is 9.10. The summed E-state index contributed by atoms with van der Waals surface area (Å²) in [5.74, 6) is 0.532. The first-order chi connectivity index (χ1) is 13.1. The highest BCUT2D eigenvalue weighted by Crippen LogP contribution is 2.35. The van der Waals surface area contributed by atoms with Gasteiger partial charge in [0.2, 0.25) is 26.6 Å². The van der Waals surface area contributed by atoms with Crippen LogP contribution in [0.3, 0.4) is 0 Å². The van der Waals surface area contributed by atoms with E-state index in [1.54, 1.807) is 30.3 Å². The van der Waals surface area contributed by atoms with Gasteiger partial charge in [-0.3, -0.25) is 0 Å². The zero-order chi connectivity index (χ0) is 18.9. The Bertz CT molecular complexity index is 1040. The predicted octanol–water partition coefficient (Wildman–Crippen LogP) is 3.77. The number of hydrogen-bond acceptors (Lipinski definition) is 6. The van der Waals surface area contributed by atoms with Crippen molar-refractivity contribution in [2.75, 3.05) is 31.2 Å². The molecule has 2 heterocycles. The highest BCUT2D eigenvalue weighted by Gasteiger charge is 2.32. The van der Waals surface area contributed by atoms with Gasteiger partial charge in [-0.1, -0.05) is 40.2 Å². The van der Waals surface area contributed by atoms with Crippen LogP contribution in [0.2, 0.25) is 0 Å². The summed E-state index contributed by atoms with van der Waals surface area (Å²) < 4.78 is 38.6. The first-order valence-electron chi connectivity index (χ1n) is 8.45. The van der Waals surface area contributed by atoms with E-state index >= 15 is 0 Å². The standard InChI is InChI=1S/C19H17BrN2O4S/c20-15-6-4-5-14(13-15)17-21-18(19(26-17)22-9-11-25-12-10-22)27(23,24)16-7-2-1-3-8-16/h1-8,13H,9-12H2. The maximum Gasteiger partial charge on any atom is 0.236 e.